The Morgan fingerprint density at radius 1 is 1.33 bits per heavy atom. The van der Waals surface area contributed by atoms with Crippen molar-refractivity contribution in [2.45, 2.75) is 24.8 Å². The maximum absolute atomic E-state index is 11.4. The van der Waals surface area contributed by atoms with Crippen LogP contribution in [0.3, 0.4) is 0 Å². The van der Waals surface area contributed by atoms with E-state index < -0.39 is 16.6 Å². The smallest absolute Gasteiger partial charge is 0.336 e. The van der Waals surface area contributed by atoms with Crippen LogP contribution < -0.4 is 15.1 Å². The molecular formula is C15H17ClO5. The standard InChI is InChI=1S/C15H17ClO5/c1-15(2,16)11(17)8-20-14-10(19-3)6-4-9-5-7-12(18)21-13(9)14/h4-7,11,17H,8H2,1-3H3/t11-/m0/s1. The summed E-state index contributed by atoms with van der Waals surface area (Å²) >= 11 is 6.03. The number of fused-ring (bicyclic) bond motifs is 1. The van der Waals surface area contributed by atoms with E-state index in [9.17, 15) is 9.90 Å². The SMILES string of the molecule is COc1ccc2ccc(=O)oc2c1OC[C@H](O)C(C)(C)Cl. The number of halogens is 1. The van der Waals surface area contributed by atoms with E-state index in [1.54, 1.807) is 32.0 Å². The molecule has 0 spiro atoms. The number of methoxy groups -OCH3 is 1. The van der Waals surface area contributed by atoms with Gasteiger partial charge in [0.1, 0.15) is 12.7 Å². The van der Waals surface area contributed by atoms with E-state index in [1.807, 2.05) is 0 Å². The summed E-state index contributed by atoms with van der Waals surface area (Å²) in [5.41, 5.74) is -0.208. The Balaban J connectivity index is 2.41. The third-order valence-corrected chi connectivity index (χ3v) is 3.36. The Morgan fingerprint density at radius 3 is 2.62 bits per heavy atom. The average Bonchev–Trinajstić information content (AvgIpc) is 2.43. The van der Waals surface area contributed by atoms with Crippen molar-refractivity contribution in [2.24, 2.45) is 0 Å². The minimum Gasteiger partial charge on any atom is -0.493 e. The minimum atomic E-state index is -0.894. The van der Waals surface area contributed by atoms with Gasteiger partial charge in [-0.05, 0) is 32.0 Å². The van der Waals surface area contributed by atoms with Crippen molar-refractivity contribution < 1.29 is 19.0 Å². The fourth-order valence-corrected chi connectivity index (χ4v) is 1.81. The minimum absolute atomic E-state index is 0.0510. The van der Waals surface area contributed by atoms with Crippen LogP contribution in [0.4, 0.5) is 0 Å². The third-order valence-electron chi connectivity index (χ3n) is 3.11. The lowest BCUT2D eigenvalue weighted by Crippen LogP contribution is -2.35. The maximum Gasteiger partial charge on any atom is 0.336 e. The number of aliphatic hydroxyl groups excluding tert-OH is 1. The van der Waals surface area contributed by atoms with E-state index in [-0.39, 0.29) is 17.9 Å². The van der Waals surface area contributed by atoms with Gasteiger partial charge in [0, 0.05) is 11.5 Å². The molecule has 1 atom stereocenters. The Labute approximate surface area is 127 Å². The topological polar surface area (TPSA) is 68.9 Å². The first-order chi connectivity index (χ1) is 9.82. The largest absolute Gasteiger partial charge is 0.493 e. The van der Waals surface area contributed by atoms with Gasteiger partial charge in [-0.25, -0.2) is 4.79 Å². The van der Waals surface area contributed by atoms with Crippen LogP contribution >= 0.6 is 11.6 Å². The van der Waals surface area contributed by atoms with Gasteiger partial charge in [0.2, 0.25) is 5.75 Å². The molecule has 1 aromatic heterocycles. The summed E-state index contributed by atoms with van der Waals surface area (Å²) in [7, 11) is 1.48. The molecule has 1 N–H and O–H groups in total. The van der Waals surface area contributed by atoms with Crippen molar-refractivity contribution in [2.75, 3.05) is 13.7 Å². The van der Waals surface area contributed by atoms with Crippen LogP contribution in [0.25, 0.3) is 11.0 Å². The van der Waals surface area contributed by atoms with Crippen LogP contribution in [0, 0.1) is 0 Å². The first-order valence-corrected chi connectivity index (χ1v) is 6.81. The van der Waals surface area contributed by atoms with Crippen molar-refractivity contribution >= 4 is 22.6 Å². The highest BCUT2D eigenvalue weighted by atomic mass is 35.5. The molecule has 0 saturated carbocycles. The molecule has 0 bridgehead atoms. The zero-order chi connectivity index (χ0) is 15.6. The van der Waals surface area contributed by atoms with Gasteiger partial charge in [-0.1, -0.05) is 0 Å². The van der Waals surface area contributed by atoms with E-state index in [1.165, 1.54) is 13.2 Å². The zero-order valence-corrected chi connectivity index (χ0v) is 12.8. The Morgan fingerprint density at radius 2 is 2.00 bits per heavy atom. The summed E-state index contributed by atoms with van der Waals surface area (Å²) < 4.78 is 16.0. The summed E-state index contributed by atoms with van der Waals surface area (Å²) in [6.45, 7) is 3.32. The quantitative estimate of drug-likeness (QED) is 0.679. The van der Waals surface area contributed by atoms with Gasteiger partial charge in [-0.15, -0.1) is 11.6 Å². The van der Waals surface area contributed by atoms with Gasteiger partial charge >= 0.3 is 5.63 Å². The molecule has 114 valence electrons. The van der Waals surface area contributed by atoms with Crippen LogP contribution in [0.2, 0.25) is 0 Å². The fourth-order valence-electron chi connectivity index (χ4n) is 1.75. The van der Waals surface area contributed by atoms with Gasteiger partial charge in [-0.3, -0.25) is 0 Å². The molecule has 0 saturated heterocycles. The number of benzene rings is 1. The van der Waals surface area contributed by atoms with E-state index >= 15 is 0 Å². The predicted octanol–water partition coefficient (Wildman–Crippen LogP) is 2.56. The molecule has 0 radical (unpaired) electrons. The number of aliphatic hydroxyl groups is 1. The number of ether oxygens (including phenoxy) is 2. The van der Waals surface area contributed by atoms with Crippen molar-refractivity contribution in [3.8, 4) is 11.5 Å². The van der Waals surface area contributed by atoms with Crippen molar-refractivity contribution in [1.82, 2.24) is 0 Å². The molecule has 0 amide bonds. The molecule has 0 aliphatic carbocycles. The van der Waals surface area contributed by atoms with E-state index in [0.29, 0.717) is 11.1 Å². The van der Waals surface area contributed by atoms with E-state index in [0.717, 1.165) is 0 Å². The molecule has 6 heteroatoms. The molecule has 1 heterocycles. The molecule has 2 aromatic rings. The summed E-state index contributed by atoms with van der Waals surface area (Å²) in [6.07, 6.45) is -0.894. The van der Waals surface area contributed by atoms with Crippen LogP contribution in [0.15, 0.2) is 33.5 Å². The van der Waals surface area contributed by atoms with E-state index in [2.05, 4.69) is 0 Å². The Kier molecular flexibility index (Phi) is 4.44. The fraction of sp³-hybridized carbons (Fsp3) is 0.400. The highest BCUT2D eigenvalue weighted by Crippen LogP contribution is 2.35. The lowest BCUT2D eigenvalue weighted by atomic mass is 10.1. The van der Waals surface area contributed by atoms with Crippen molar-refractivity contribution in [1.29, 1.82) is 0 Å². The summed E-state index contributed by atoms with van der Waals surface area (Å²) in [6, 6.07) is 6.42. The maximum atomic E-state index is 11.4. The average molecular weight is 313 g/mol. The lowest BCUT2D eigenvalue weighted by molar-refractivity contribution is 0.0796. The second-order valence-electron chi connectivity index (χ2n) is 5.16. The molecule has 21 heavy (non-hydrogen) atoms. The normalized spacial score (nSPS) is 13.2. The summed E-state index contributed by atoms with van der Waals surface area (Å²) in [5.74, 6) is 0.684. The number of alkyl halides is 1. The zero-order valence-electron chi connectivity index (χ0n) is 12.1. The molecule has 2 rings (SSSR count). The van der Waals surface area contributed by atoms with Crippen molar-refractivity contribution in [3.05, 3.63) is 34.7 Å². The second kappa shape index (κ2) is 5.95. The molecule has 0 unspecified atom stereocenters. The van der Waals surface area contributed by atoms with Crippen LogP contribution in [0.5, 0.6) is 11.5 Å². The first kappa shape index (κ1) is 15.7. The Bertz CT molecular complexity index is 687. The summed E-state index contributed by atoms with van der Waals surface area (Å²) in [5, 5.41) is 10.6. The lowest BCUT2D eigenvalue weighted by Gasteiger charge is -2.23. The van der Waals surface area contributed by atoms with Crippen LogP contribution in [-0.4, -0.2) is 29.8 Å². The number of rotatable bonds is 5. The molecule has 5 nitrogen and oxygen atoms in total. The van der Waals surface area contributed by atoms with Crippen LogP contribution in [0.1, 0.15) is 13.8 Å². The van der Waals surface area contributed by atoms with Gasteiger partial charge in [-0.2, -0.15) is 0 Å². The molecule has 0 fully saturated rings. The molecule has 0 aliphatic heterocycles. The van der Waals surface area contributed by atoms with Crippen molar-refractivity contribution in [3.63, 3.8) is 0 Å². The van der Waals surface area contributed by atoms with E-state index in [4.69, 9.17) is 25.5 Å². The van der Waals surface area contributed by atoms with Crippen LogP contribution in [-0.2, 0) is 0 Å². The monoisotopic (exact) mass is 312 g/mol. The predicted molar refractivity (Wildman–Crippen MR) is 80.5 cm³/mol. The molecule has 1 aromatic carbocycles. The first-order valence-electron chi connectivity index (χ1n) is 6.43. The van der Waals surface area contributed by atoms with Gasteiger partial charge in [0.15, 0.2) is 11.3 Å². The summed E-state index contributed by atoms with van der Waals surface area (Å²) in [4.78, 5) is 10.6. The van der Waals surface area contributed by atoms with Gasteiger partial charge < -0.3 is 19.0 Å². The molecular weight excluding hydrogens is 296 g/mol. The molecule has 0 aliphatic rings. The highest BCUT2D eigenvalue weighted by molar-refractivity contribution is 6.23. The number of hydrogen-bond donors (Lipinski definition) is 1. The van der Waals surface area contributed by atoms with Gasteiger partial charge in [0.25, 0.3) is 0 Å². The third kappa shape index (κ3) is 3.49. The second-order valence-corrected chi connectivity index (χ2v) is 6.14. The number of hydrogen-bond acceptors (Lipinski definition) is 5. The Hall–Kier alpha value is -1.72. The van der Waals surface area contributed by atoms with Gasteiger partial charge in [0.05, 0.1) is 12.0 Å². The highest BCUT2D eigenvalue weighted by Gasteiger charge is 2.26.